The Morgan fingerprint density at radius 2 is 2.17 bits per heavy atom. The summed E-state index contributed by atoms with van der Waals surface area (Å²) in [6, 6.07) is 9.23. The smallest absolute Gasteiger partial charge is 0.337 e. The normalized spacial score (nSPS) is 10.6. The molecule has 0 saturated carbocycles. The number of hydrogen-bond acceptors (Lipinski definition) is 1. The van der Waals surface area contributed by atoms with Crippen LogP contribution >= 0.6 is 11.6 Å². The highest BCUT2D eigenvalue weighted by Gasteiger charge is 2.13. The lowest BCUT2D eigenvalue weighted by atomic mass is 10.2. The van der Waals surface area contributed by atoms with E-state index in [9.17, 15) is 4.79 Å². The van der Waals surface area contributed by atoms with Crippen molar-refractivity contribution in [2.45, 2.75) is 19.9 Å². The molecule has 1 aromatic carbocycles. The molecule has 0 bridgehead atoms. The molecular formula is C14H14ClNO2. The summed E-state index contributed by atoms with van der Waals surface area (Å²) < 4.78 is 1.95. The fourth-order valence-electron chi connectivity index (χ4n) is 2.07. The first-order valence-electron chi connectivity index (χ1n) is 5.77. The molecule has 18 heavy (non-hydrogen) atoms. The summed E-state index contributed by atoms with van der Waals surface area (Å²) in [5.74, 6) is -0.878. The fourth-order valence-corrected chi connectivity index (χ4v) is 2.29. The van der Waals surface area contributed by atoms with Crippen molar-refractivity contribution in [3.8, 4) is 0 Å². The van der Waals surface area contributed by atoms with Gasteiger partial charge in [0.15, 0.2) is 0 Å². The first kappa shape index (κ1) is 12.7. The minimum absolute atomic E-state index is 0.375. The lowest BCUT2D eigenvalue weighted by molar-refractivity contribution is 0.0695. The third-order valence-electron chi connectivity index (χ3n) is 2.89. The summed E-state index contributed by atoms with van der Waals surface area (Å²) in [6.45, 7) is 2.59. The van der Waals surface area contributed by atoms with Crippen LogP contribution in [-0.4, -0.2) is 15.6 Å². The lowest BCUT2D eigenvalue weighted by Crippen LogP contribution is -2.06. The first-order valence-corrected chi connectivity index (χ1v) is 6.15. The number of rotatable bonds is 4. The molecule has 0 amide bonds. The van der Waals surface area contributed by atoms with Crippen molar-refractivity contribution >= 4 is 17.6 Å². The number of carboxylic acid groups (broad SMARTS) is 1. The Morgan fingerprint density at radius 1 is 1.39 bits per heavy atom. The van der Waals surface area contributed by atoms with Crippen LogP contribution in [0, 0.1) is 0 Å². The van der Waals surface area contributed by atoms with Gasteiger partial charge in [0.1, 0.15) is 0 Å². The van der Waals surface area contributed by atoms with E-state index in [1.807, 2.05) is 42.0 Å². The molecule has 1 aromatic heterocycles. The molecule has 0 radical (unpaired) electrons. The van der Waals surface area contributed by atoms with Crippen LogP contribution in [0.3, 0.4) is 0 Å². The minimum Gasteiger partial charge on any atom is -0.478 e. The van der Waals surface area contributed by atoms with Crippen molar-refractivity contribution in [2.24, 2.45) is 0 Å². The van der Waals surface area contributed by atoms with Crippen molar-refractivity contribution in [3.05, 3.63) is 58.4 Å². The second-order valence-electron chi connectivity index (χ2n) is 4.09. The molecule has 1 N–H and O–H groups in total. The second-order valence-corrected chi connectivity index (χ2v) is 4.53. The Hall–Kier alpha value is -1.74. The fraction of sp³-hybridized carbons (Fsp3) is 0.214. The highest BCUT2D eigenvalue weighted by atomic mass is 35.5. The number of nitrogens with zero attached hydrogens (tertiary/aromatic N) is 1. The predicted octanol–water partition coefficient (Wildman–Crippen LogP) is 3.45. The first-order chi connectivity index (χ1) is 8.61. The van der Waals surface area contributed by atoms with E-state index in [0.29, 0.717) is 23.6 Å². The average molecular weight is 264 g/mol. The topological polar surface area (TPSA) is 42.2 Å². The number of halogens is 1. The summed E-state index contributed by atoms with van der Waals surface area (Å²) in [5.41, 5.74) is 2.27. The number of aromatic nitrogens is 1. The Morgan fingerprint density at radius 3 is 2.78 bits per heavy atom. The van der Waals surface area contributed by atoms with Gasteiger partial charge in [-0.2, -0.15) is 0 Å². The van der Waals surface area contributed by atoms with Crippen molar-refractivity contribution in [1.29, 1.82) is 0 Å². The van der Waals surface area contributed by atoms with Crippen LogP contribution in [0.15, 0.2) is 36.5 Å². The number of carbonyl (C=O) groups is 1. The number of hydrogen-bond donors (Lipinski definition) is 1. The zero-order valence-corrected chi connectivity index (χ0v) is 10.8. The van der Waals surface area contributed by atoms with Gasteiger partial charge in [0.05, 0.1) is 5.56 Å². The van der Waals surface area contributed by atoms with Crippen LogP contribution < -0.4 is 0 Å². The van der Waals surface area contributed by atoms with E-state index >= 15 is 0 Å². The van der Waals surface area contributed by atoms with Crippen LogP contribution in [0.4, 0.5) is 0 Å². The molecule has 0 aliphatic carbocycles. The molecule has 0 fully saturated rings. The second kappa shape index (κ2) is 5.27. The van der Waals surface area contributed by atoms with Crippen LogP contribution in [-0.2, 0) is 13.0 Å². The van der Waals surface area contributed by atoms with Gasteiger partial charge in [-0.1, -0.05) is 30.7 Å². The van der Waals surface area contributed by atoms with E-state index in [2.05, 4.69) is 0 Å². The quantitative estimate of drug-likeness (QED) is 0.918. The zero-order valence-electron chi connectivity index (χ0n) is 10.1. The Kier molecular flexibility index (Phi) is 3.72. The van der Waals surface area contributed by atoms with Crippen molar-refractivity contribution in [3.63, 3.8) is 0 Å². The summed E-state index contributed by atoms with van der Waals surface area (Å²) in [4.78, 5) is 11.1. The zero-order chi connectivity index (χ0) is 13.1. The maximum absolute atomic E-state index is 11.1. The molecule has 0 aliphatic rings. The third kappa shape index (κ3) is 2.57. The molecule has 94 valence electrons. The SMILES string of the molecule is CCc1c(C(=O)O)ccn1Cc1cccc(Cl)c1. The maximum atomic E-state index is 11.1. The molecule has 4 heteroatoms. The van der Waals surface area contributed by atoms with E-state index in [4.69, 9.17) is 16.7 Å². The molecule has 2 rings (SSSR count). The van der Waals surface area contributed by atoms with Gasteiger partial charge >= 0.3 is 5.97 Å². The third-order valence-corrected chi connectivity index (χ3v) is 3.12. The summed E-state index contributed by atoms with van der Waals surface area (Å²) in [7, 11) is 0. The van der Waals surface area contributed by atoms with E-state index < -0.39 is 5.97 Å². The van der Waals surface area contributed by atoms with Crippen molar-refractivity contribution in [1.82, 2.24) is 4.57 Å². The maximum Gasteiger partial charge on any atom is 0.337 e. The Labute approximate surface area is 111 Å². The average Bonchev–Trinajstić information content (AvgIpc) is 2.72. The van der Waals surface area contributed by atoms with E-state index in [1.54, 1.807) is 6.07 Å². The van der Waals surface area contributed by atoms with Crippen LogP contribution in [0.25, 0.3) is 0 Å². The highest BCUT2D eigenvalue weighted by Crippen LogP contribution is 2.16. The van der Waals surface area contributed by atoms with Crippen molar-refractivity contribution in [2.75, 3.05) is 0 Å². The molecule has 0 saturated heterocycles. The summed E-state index contributed by atoms with van der Waals surface area (Å²) >= 11 is 5.94. The molecule has 3 nitrogen and oxygen atoms in total. The van der Waals surface area contributed by atoms with Gasteiger partial charge in [0.25, 0.3) is 0 Å². The highest BCUT2D eigenvalue weighted by molar-refractivity contribution is 6.30. The minimum atomic E-state index is -0.878. The van der Waals surface area contributed by atoms with Gasteiger partial charge in [0.2, 0.25) is 0 Å². The number of carboxylic acids is 1. The largest absolute Gasteiger partial charge is 0.478 e. The number of aromatic carboxylic acids is 1. The molecular weight excluding hydrogens is 250 g/mol. The van der Waals surface area contributed by atoms with Crippen LogP contribution in [0.2, 0.25) is 5.02 Å². The Balaban J connectivity index is 2.32. The van der Waals surface area contributed by atoms with Crippen molar-refractivity contribution < 1.29 is 9.90 Å². The monoisotopic (exact) mass is 263 g/mol. The van der Waals surface area contributed by atoms with E-state index in [-0.39, 0.29) is 0 Å². The number of benzene rings is 1. The van der Waals surface area contributed by atoms with Gasteiger partial charge in [-0.3, -0.25) is 0 Å². The van der Waals surface area contributed by atoms with Gasteiger partial charge in [-0.15, -0.1) is 0 Å². The van der Waals surface area contributed by atoms with Gasteiger partial charge in [-0.25, -0.2) is 4.79 Å². The van der Waals surface area contributed by atoms with Crippen LogP contribution in [0.5, 0.6) is 0 Å². The molecule has 0 aliphatic heterocycles. The van der Waals surface area contributed by atoms with Gasteiger partial charge < -0.3 is 9.67 Å². The standard InChI is InChI=1S/C14H14ClNO2/c1-2-13-12(14(17)18)6-7-16(13)9-10-4-3-5-11(15)8-10/h3-8H,2,9H2,1H3,(H,17,18). The van der Waals surface area contributed by atoms with Crippen LogP contribution in [0.1, 0.15) is 28.5 Å². The molecule has 0 atom stereocenters. The van der Waals surface area contributed by atoms with Gasteiger partial charge in [-0.05, 0) is 30.2 Å². The lowest BCUT2D eigenvalue weighted by Gasteiger charge is -2.09. The molecule has 2 aromatic rings. The molecule has 0 spiro atoms. The molecule has 1 heterocycles. The Bertz CT molecular complexity index is 575. The van der Waals surface area contributed by atoms with E-state index in [0.717, 1.165) is 11.3 Å². The van der Waals surface area contributed by atoms with E-state index in [1.165, 1.54) is 0 Å². The predicted molar refractivity (Wildman–Crippen MR) is 71.3 cm³/mol. The van der Waals surface area contributed by atoms with Gasteiger partial charge in [0, 0.05) is 23.5 Å². The summed E-state index contributed by atoms with van der Waals surface area (Å²) in [6.07, 6.45) is 2.50. The summed E-state index contributed by atoms with van der Waals surface area (Å²) in [5, 5.41) is 9.78. The molecule has 0 unspecified atom stereocenters.